The molecular formula is C8H17F3N2. The molecule has 0 fully saturated rings. The van der Waals surface area contributed by atoms with Crippen molar-refractivity contribution < 1.29 is 13.2 Å². The van der Waals surface area contributed by atoms with E-state index in [0.717, 1.165) is 6.54 Å². The van der Waals surface area contributed by atoms with Crippen molar-refractivity contribution in [1.29, 1.82) is 0 Å². The van der Waals surface area contributed by atoms with Crippen LogP contribution in [0.2, 0.25) is 0 Å². The lowest BCUT2D eigenvalue weighted by Gasteiger charge is -2.25. The van der Waals surface area contributed by atoms with E-state index in [2.05, 4.69) is 5.32 Å². The van der Waals surface area contributed by atoms with Crippen LogP contribution in [0.15, 0.2) is 0 Å². The van der Waals surface area contributed by atoms with E-state index in [9.17, 15) is 13.2 Å². The van der Waals surface area contributed by atoms with Gasteiger partial charge in [-0.15, -0.1) is 0 Å². The van der Waals surface area contributed by atoms with Crippen LogP contribution >= 0.6 is 0 Å². The summed E-state index contributed by atoms with van der Waals surface area (Å²) in [6.07, 6.45) is -4.10. The van der Waals surface area contributed by atoms with Crippen molar-refractivity contribution in [2.24, 2.45) is 0 Å². The monoisotopic (exact) mass is 198 g/mol. The van der Waals surface area contributed by atoms with E-state index >= 15 is 0 Å². The normalized spacial score (nSPS) is 15.0. The van der Waals surface area contributed by atoms with Crippen molar-refractivity contribution >= 4 is 0 Å². The number of nitrogens with one attached hydrogen (secondary N) is 1. The molecule has 5 heteroatoms. The Morgan fingerprint density at radius 3 is 2.31 bits per heavy atom. The van der Waals surface area contributed by atoms with Gasteiger partial charge in [-0.2, -0.15) is 13.2 Å². The topological polar surface area (TPSA) is 15.3 Å². The third-order valence-corrected chi connectivity index (χ3v) is 1.87. The first kappa shape index (κ1) is 12.7. The van der Waals surface area contributed by atoms with Gasteiger partial charge in [0.1, 0.15) is 0 Å². The quantitative estimate of drug-likeness (QED) is 0.719. The summed E-state index contributed by atoms with van der Waals surface area (Å²) in [6, 6.07) is -0.0958. The largest absolute Gasteiger partial charge is 0.401 e. The Bertz CT molecular complexity index is 136. The first-order valence-electron chi connectivity index (χ1n) is 4.34. The lowest BCUT2D eigenvalue weighted by Crippen LogP contribution is -2.42. The molecule has 0 aromatic heterocycles. The Morgan fingerprint density at radius 2 is 1.92 bits per heavy atom. The van der Waals surface area contributed by atoms with Gasteiger partial charge in [0.05, 0.1) is 6.54 Å². The summed E-state index contributed by atoms with van der Waals surface area (Å²) < 4.78 is 35.8. The maximum atomic E-state index is 11.9. The van der Waals surface area contributed by atoms with Crippen LogP contribution in [0, 0.1) is 0 Å². The zero-order valence-electron chi connectivity index (χ0n) is 8.28. The molecule has 1 unspecified atom stereocenters. The molecule has 0 aliphatic heterocycles. The molecule has 0 saturated carbocycles. The average Bonchev–Trinajstić information content (AvgIpc) is 1.96. The molecule has 0 amide bonds. The zero-order chi connectivity index (χ0) is 10.5. The average molecular weight is 198 g/mol. The molecule has 0 bridgehead atoms. The Morgan fingerprint density at radius 1 is 1.38 bits per heavy atom. The summed E-state index contributed by atoms with van der Waals surface area (Å²) >= 11 is 0. The second kappa shape index (κ2) is 5.44. The van der Waals surface area contributed by atoms with Crippen LogP contribution in [0.4, 0.5) is 13.2 Å². The van der Waals surface area contributed by atoms with Gasteiger partial charge in [-0.3, -0.25) is 4.90 Å². The van der Waals surface area contributed by atoms with Crippen molar-refractivity contribution in [1.82, 2.24) is 10.2 Å². The van der Waals surface area contributed by atoms with Crippen LogP contribution in [-0.2, 0) is 0 Å². The molecule has 0 aromatic carbocycles. The minimum Gasteiger partial charge on any atom is -0.315 e. The number of hydrogen-bond donors (Lipinski definition) is 1. The minimum absolute atomic E-state index is 0.0958. The number of hydrogen-bond acceptors (Lipinski definition) is 2. The molecule has 0 spiro atoms. The molecule has 0 rings (SSSR count). The number of rotatable bonds is 5. The molecule has 1 atom stereocenters. The number of nitrogens with zero attached hydrogens (tertiary/aromatic N) is 1. The highest BCUT2D eigenvalue weighted by Gasteiger charge is 2.30. The highest BCUT2D eigenvalue weighted by molar-refractivity contribution is 4.68. The zero-order valence-corrected chi connectivity index (χ0v) is 8.28. The van der Waals surface area contributed by atoms with Gasteiger partial charge < -0.3 is 5.32 Å². The lowest BCUT2D eigenvalue weighted by molar-refractivity contribution is -0.146. The fourth-order valence-electron chi connectivity index (χ4n) is 0.948. The van der Waals surface area contributed by atoms with Crippen LogP contribution in [0.1, 0.15) is 13.8 Å². The lowest BCUT2D eigenvalue weighted by atomic mass is 10.3. The highest BCUT2D eigenvalue weighted by atomic mass is 19.4. The maximum Gasteiger partial charge on any atom is 0.401 e. The van der Waals surface area contributed by atoms with Gasteiger partial charge >= 0.3 is 6.18 Å². The second-order valence-corrected chi connectivity index (χ2v) is 3.19. The minimum atomic E-state index is -4.10. The van der Waals surface area contributed by atoms with Gasteiger partial charge in [-0.05, 0) is 20.5 Å². The fourth-order valence-corrected chi connectivity index (χ4v) is 0.948. The van der Waals surface area contributed by atoms with Gasteiger partial charge in [0, 0.05) is 12.6 Å². The third kappa shape index (κ3) is 6.83. The van der Waals surface area contributed by atoms with Crippen molar-refractivity contribution in [2.45, 2.75) is 26.1 Å². The molecule has 0 radical (unpaired) electrons. The Hall–Kier alpha value is -0.290. The molecule has 0 heterocycles. The molecule has 0 saturated heterocycles. The third-order valence-electron chi connectivity index (χ3n) is 1.87. The molecule has 2 nitrogen and oxygen atoms in total. The van der Waals surface area contributed by atoms with Crippen molar-refractivity contribution in [3.63, 3.8) is 0 Å². The summed E-state index contributed by atoms with van der Waals surface area (Å²) in [7, 11) is 1.48. The van der Waals surface area contributed by atoms with Gasteiger partial charge in [0.2, 0.25) is 0 Å². The first-order chi connectivity index (χ1) is 5.87. The fraction of sp³-hybridized carbons (Fsp3) is 1.00. The Balaban J connectivity index is 3.75. The predicted molar refractivity (Wildman–Crippen MR) is 46.7 cm³/mol. The SMILES string of the molecule is CCNCC(C)N(C)CC(F)(F)F. The molecule has 13 heavy (non-hydrogen) atoms. The molecule has 80 valence electrons. The predicted octanol–water partition coefficient (Wildman–Crippen LogP) is 1.48. The van der Waals surface area contributed by atoms with Gasteiger partial charge in [-0.1, -0.05) is 6.92 Å². The maximum absolute atomic E-state index is 11.9. The van der Waals surface area contributed by atoms with E-state index in [1.165, 1.54) is 11.9 Å². The first-order valence-corrected chi connectivity index (χ1v) is 4.34. The van der Waals surface area contributed by atoms with E-state index < -0.39 is 12.7 Å². The van der Waals surface area contributed by atoms with Crippen LogP contribution in [0.5, 0.6) is 0 Å². The van der Waals surface area contributed by atoms with Crippen LogP contribution < -0.4 is 5.32 Å². The summed E-state index contributed by atoms with van der Waals surface area (Å²) in [5.74, 6) is 0. The van der Waals surface area contributed by atoms with E-state index in [-0.39, 0.29) is 6.04 Å². The molecule has 0 aliphatic carbocycles. The Kier molecular flexibility index (Phi) is 5.32. The second-order valence-electron chi connectivity index (χ2n) is 3.19. The summed E-state index contributed by atoms with van der Waals surface area (Å²) in [5, 5.41) is 3.01. The van der Waals surface area contributed by atoms with Crippen molar-refractivity contribution in [2.75, 3.05) is 26.7 Å². The van der Waals surface area contributed by atoms with Crippen molar-refractivity contribution in [3.8, 4) is 0 Å². The molecule has 0 aliphatic rings. The summed E-state index contributed by atoms with van der Waals surface area (Å²) in [6.45, 7) is 4.22. The number of alkyl halides is 3. The van der Waals surface area contributed by atoms with Crippen molar-refractivity contribution in [3.05, 3.63) is 0 Å². The number of likely N-dealkylation sites (N-methyl/N-ethyl adjacent to an activating group) is 2. The summed E-state index contributed by atoms with van der Waals surface area (Å²) in [5.41, 5.74) is 0. The highest BCUT2D eigenvalue weighted by Crippen LogP contribution is 2.16. The Labute approximate surface area is 77.1 Å². The van der Waals surface area contributed by atoms with Crippen LogP contribution in [0.25, 0.3) is 0 Å². The van der Waals surface area contributed by atoms with Gasteiger partial charge in [0.15, 0.2) is 0 Å². The van der Waals surface area contributed by atoms with Gasteiger partial charge in [-0.25, -0.2) is 0 Å². The molecule has 1 N–H and O–H groups in total. The van der Waals surface area contributed by atoms with Gasteiger partial charge in [0.25, 0.3) is 0 Å². The van der Waals surface area contributed by atoms with E-state index in [4.69, 9.17) is 0 Å². The standard InChI is InChI=1S/C8H17F3N2/c1-4-12-5-7(2)13(3)6-8(9,10)11/h7,12H,4-6H2,1-3H3. The van der Waals surface area contributed by atoms with Crippen LogP contribution in [-0.4, -0.2) is 43.8 Å². The summed E-state index contributed by atoms with van der Waals surface area (Å²) in [4.78, 5) is 1.29. The smallest absolute Gasteiger partial charge is 0.315 e. The van der Waals surface area contributed by atoms with E-state index in [0.29, 0.717) is 6.54 Å². The van der Waals surface area contributed by atoms with Crippen LogP contribution in [0.3, 0.4) is 0 Å². The van der Waals surface area contributed by atoms with E-state index in [1.807, 2.05) is 6.92 Å². The number of halogens is 3. The van der Waals surface area contributed by atoms with E-state index in [1.54, 1.807) is 6.92 Å². The molecule has 0 aromatic rings. The molecular weight excluding hydrogens is 181 g/mol.